The van der Waals surface area contributed by atoms with Gasteiger partial charge in [-0.3, -0.25) is 4.79 Å². The summed E-state index contributed by atoms with van der Waals surface area (Å²) in [6.45, 7) is 5.35. The zero-order chi connectivity index (χ0) is 12.1. The molecule has 0 fully saturated rings. The molecule has 0 aliphatic heterocycles. The fourth-order valence-corrected chi connectivity index (χ4v) is 1.89. The Morgan fingerprint density at radius 1 is 1.38 bits per heavy atom. The van der Waals surface area contributed by atoms with Gasteiger partial charge in [0, 0.05) is 17.6 Å². The highest BCUT2D eigenvalue weighted by Crippen LogP contribution is 2.23. The van der Waals surface area contributed by atoms with Crippen molar-refractivity contribution in [1.29, 1.82) is 0 Å². The van der Waals surface area contributed by atoms with E-state index in [4.69, 9.17) is 4.74 Å². The average Bonchev–Trinajstić information content (AvgIpc) is 2.31. The molecule has 1 amide bonds. The van der Waals surface area contributed by atoms with Crippen LogP contribution in [0.15, 0.2) is 22.7 Å². The highest BCUT2D eigenvalue weighted by atomic mass is 79.9. The van der Waals surface area contributed by atoms with Crippen molar-refractivity contribution >= 4 is 21.8 Å². The third-order valence-corrected chi connectivity index (χ3v) is 3.15. The largest absolute Gasteiger partial charge is 0.497 e. The normalized spacial score (nSPS) is 10.0. The van der Waals surface area contributed by atoms with Gasteiger partial charge in [-0.05, 0) is 48.0 Å². The molecule has 0 aliphatic rings. The summed E-state index contributed by atoms with van der Waals surface area (Å²) in [6, 6.07) is 5.41. The van der Waals surface area contributed by atoms with E-state index in [1.165, 1.54) is 0 Å². The lowest BCUT2D eigenvalue weighted by molar-refractivity contribution is 0.0771. The van der Waals surface area contributed by atoms with Crippen LogP contribution in [0.5, 0.6) is 5.75 Å². The zero-order valence-electron chi connectivity index (χ0n) is 9.79. The fourth-order valence-electron chi connectivity index (χ4n) is 1.48. The van der Waals surface area contributed by atoms with Crippen molar-refractivity contribution in [2.45, 2.75) is 13.8 Å². The summed E-state index contributed by atoms with van der Waals surface area (Å²) in [6.07, 6.45) is 0. The van der Waals surface area contributed by atoms with Gasteiger partial charge in [-0.1, -0.05) is 0 Å². The molecular formula is C12H16BrNO2. The van der Waals surface area contributed by atoms with E-state index in [0.717, 1.165) is 4.47 Å². The maximum atomic E-state index is 12.1. The van der Waals surface area contributed by atoms with E-state index < -0.39 is 0 Å². The smallest absolute Gasteiger partial charge is 0.255 e. The van der Waals surface area contributed by atoms with E-state index in [1.807, 2.05) is 26.0 Å². The number of nitrogens with zero attached hydrogens (tertiary/aromatic N) is 1. The first-order valence-electron chi connectivity index (χ1n) is 5.26. The first-order valence-corrected chi connectivity index (χ1v) is 6.06. The van der Waals surface area contributed by atoms with E-state index in [9.17, 15) is 4.79 Å². The lowest BCUT2D eigenvalue weighted by Gasteiger charge is -2.19. The van der Waals surface area contributed by atoms with Gasteiger partial charge >= 0.3 is 0 Å². The zero-order valence-corrected chi connectivity index (χ0v) is 11.4. The third kappa shape index (κ3) is 2.76. The van der Waals surface area contributed by atoms with Crippen LogP contribution in [0.4, 0.5) is 0 Å². The number of halogens is 1. The van der Waals surface area contributed by atoms with Crippen molar-refractivity contribution < 1.29 is 9.53 Å². The SMILES string of the molecule is CCN(CC)C(=O)c1cc(OC)ccc1Br. The number of amides is 1. The highest BCUT2D eigenvalue weighted by Gasteiger charge is 2.16. The van der Waals surface area contributed by atoms with E-state index in [-0.39, 0.29) is 5.91 Å². The predicted octanol–water partition coefficient (Wildman–Crippen LogP) is 2.94. The number of hydrogen-bond donors (Lipinski definition) is 0. The van der Waals surface area contributed by atoms with Gasteiger partial charge in [-0.25, -0.2) is 0 Å². The van der Waals surface area contributed by atoms with Crippen LogP contribution in [0.1, 0.15) is 24.2 Å². The lowest BCUT2D eigenvalue weighted by atomic mass is 10.2. The number of hydrogen-bond acceptors (Lipinski definition) is 2. The summed E-state index contributed by atoms with van der Waals surface area (Å²) in [5, 5.41) is 0. The van der Waals surface area contributed by atoms with Crippen LogP contribution >= 0.6 is 15.9 Å². The summed E-state index contributed by atoms with van der Waals surface area (Å²) in [5.74, 6) is 0.717. The van der Waals surface area contributed by atoms with Gasteiger partial charge in [0.2, 0.25) is 0 Å². The molecule has 88 valence electrons. The van der Waals surface area contributed by atoms with Crippen LogP contribution in [0.25, 0.3) is 0 Å². The summed E-state index contributed by atoms with van der Waals surface area (Å²) < 4.78 is 5.91. The van der Waals surface area contributed by atoms with Crippen LogP contribution in [0.3, 0.4) is 0 Å². The van der Waals surface area contributed by atoms with Crippen molar-refractivity contribution in [3.63, 3.8) is 0 Å². The van der Waals surface area contributed by atoms with E-state index in [0.29, 0.717) is 24.4 Å². The van der Waals surface area contributed by atoms with Crippen molar-refractivity contribution in [3.8, 4) is 5.75 Å². The summed E-state index contributed by atoms with van der Waals surface area (Å²) >= 11 is 3.38. The van der Waals surface area contributed by atoms with Crippen molar-refractivity contribution in [2.24, 2.45) is 0 Å². The molecule has 1 aromatic carbocycles. The molecule has 1 aromatic rings. The molecular weight excluding hydrogens is 270 g/mol. The summed E-state index contributed by atoms with van der Waals surface area (Å²) in [5.41, 5.74) is 0.642. The minimum Gasteiger partial charge on any atom is -0.497 e. The lowest BCUT2D eigenvalue weighted by Crippen LogP contribution is -2.30. The van der Waals surface area contributed by atoms with Crippen molar-refractivity contribution in [1.82, 2.24) is 4.90 Å². The topological polar surface area (TPSA) is 29.5 Å². The van der Waals surface area contributed by atoms with Crippen LogP contribution in [0.2, 0.25) is 0 Å². The van der Waals surface area contributed by atoms with Gasteiger partial charge in [0.1, 0.15) is 5.75 Å². The molecule has 0 N–H and O–H groups in total. The van der Waals surface area contributed by atoms with Crippen molar-refractivity contribution in [3.05, 3.63) is 28.2 Å². The van der Waals surface area contributed by atoms with Crippen LogP contribution in [-0.4, -0.2) is 31.0 Å². The standard InChI is InChI=1S/C12H16BrNO2/c1-4-14(5-2)12(15)10-8-9(16-3)6-7-11(10)13/h6-8H,4-5H2,1-3H3. The first kappa shape index (κ1) is 13.0. The number of carbonyl (C=O) groups is 1. The minimum absolute atomic E-state index is 0.0239. The molecule has 0 radical (unpaired) electrons. The second-order valence-corrected chi connectivity index (χ2v) is 4.18. The van der Waals surface area contributed by atoms with Crippen molar-refractivity contribution in [2.75, 3.05) is 20.2 Å². The number of carbonyl (C=O) groups excluding carboxylic acids is 1. The Morgan fingerprint density at radius 3 is 2.50 bits per heavy atom. The quantitative estimate of drug-likeness (QED) is 0.851. The Balaban J connectivity index is 3.06. The number of ether oxygens (including phenoxy) is 1. The third-order valence-electron chi connectivity index (χ3n) is 2.45. The van der Waals surface area contributed by atoms with Gasteiger partial charge in [-0.2, -0.15) is 0 Å². The van der Waals surface area contributed by atoms with Crippen LogP contribution in [0, 0.1) is 0 Å². The molecule has 0 bridgehead atoms. The summed E-state index contributed by atoms with van der Waals surface area (Å²) in [7, 11) is 1.59. The predicted molar refractivity (Wildman–Crippen MR) is 67.9 cm³/mol. The average molecular weight is 286 g/mol. The molecule has 3 nitrogen and oxygen atoms in total. The number of methoxy groups -OCH3 is 1. The maximum Gasteiger partial charge on any atom is 0.255 e. The van der Waals surface area contributed by atoms with E-state index >= 15 is 0 Å². The monoisotopic (exact) mass is 285 g/mol. The Kier molecular flexibility index (Phi) is 4.80. The first-order chi connectivity index (χ1) is 7.63. The molecule has 0 aliphatic carbocycles. The molecule has 1 rings (SSSR count). The highest BCUT2D eigenvalue weighted by molar-refractivity contribution is 9.10. The number of benzene rings is 1. The maximum absolute atomic E-state index is 12.1. The molecule has 0 atom stereocenters. The second-order valence-electron chi connectivity index (χ2n) is 3.32. The van der Waals surface area contributed by atoms with Gasteiger partial charge in [0.15, 0.2) is 0 Å². The van der Waals surface area contributed by atoms with Gasteiger partial charge in [0.25, 0.3) is 5.91 Å². The molecule has 0 saturated carbocycles. The van der Waals surface area contributed by atoms with E-state index in [1.54, 1.807) is 18.1 Å². The molecule has 0 saturated heterocycles. The summed E-state index contributed by atoms with van der Waals surface area (Å²) in [4.78, 5) is 13.9. The molecule has 0 spiro atoms. The Hall–Kier alpha value is -1.03. The molecule has 0 unspecified atom stereocenters. The van der Waals surface area contributed by atoms with E-state index in [2.05, 4.69) is 15.9 Å². The molecule has 0 aromatic heterocycles. The number of rotatable bonds is 4. The van der Waals surface area contributed by atoms with Gasteiger partial charge in [0.05, 0.1) is 12.7 Å². The molecule has 16 heavy (non-hydrogen) atoms. The van der Waals surface area contributed by atoms with Crippen LogP contribution in [-0.2, 0) is 0 Å². The Bertz CT molecular complexity index is 375. The molecule has 0 heterocycles. The Labute approximate surface area is 105 Å². The Morgan fingerprint density at radius 2 is 2.00 bits per heavy atom. The van der Waals surface area contributed by atoms with Crippen LogP contribution < -0.4 is 4.74 Å². The fraction of sp³-hybridized carbons (Fsp3) is 0.417. The van der Waals surface area contributed by atoms with Gasteiger partial charge < -0.3 is 9.64 Å². The molecule has 4 heteroatoms. The van der Waals surface area contributed by atoms with Gasteiger partial charge in [-0.15, -0.1) is 0 Å². The second kappa shape index (κ2) is 5.89. The minimum atomic E-state index is 0.0239.